The number of benzene rings is 1. The van der Waals surface area contributed by atoms with Crippen molar-refractivity contribution in [2.45, 2.75) is 39.2 Å². The van der Waals surface area contributed by atoms with Crippen molar-refractivity contribution in [1.82, 2.24) is 5.32 Å². The number of rotatable bonds is 4. The van der Waals surface area contributed by atoms with Crippen LogP contribution in [0.25, 0.3) is 0 Å². The lowest BCUT2D eigenvalue weighted by Gasteiger charge is -2.11. The van der Waals surface area contributed by atoms with E-state index in [1.54, 1.807) is 0 Å². The van der Waals surface area contributed by atoms with Crippen molar-refractivity contribution >= 4 is 11.6 Å². The fourth-order valence-corrected chi connectivity index (χ4v) is 2.72. The molecular formula is C14H20ClN. The monoisotopic (exact) mass is 237 g/mol. The van der Waals surface area contributed by atoms with Gasteiger partial charge in [0.05, 0.1) is 0 Å². The maximum atomic E-state index is 6.18. The van der Waals surface area contributed by atoms with Crippen molar-refractivity contribution in [2.24, 2.45) is 5.92 Å². The maximum Gasteiger partial charge on any atom is 0.0453 e. The van der Waals surface area contributed by atoms with Crippen LogP contribution >= 0.6 is 11.6 Å². The minimum Gasteiger partial charge on any atom is -0.312 e. The summed E-state index contributed by atoms with van der Waals surface area (Å²) in [6.07, 6.45) is 5.62. The van der Waals surface area contributed by atoms with Crippen molar-refractivity contribution < 1.29 is 0 Å². The Labute approximate surface area is 103 Å². The molecule has 88 valence electrons. The lowest BCUT2D eigenvalue weighted by atomic mass is 10.1. The molecule has 0 spiro atoms. The third-order valence-electron chi connectivity index (χ3n) is 3.43. The standard InChI is InChI=1S/C14H20ClN/c1-11-6-7-13(14(15)8-11)10-16-9-12-4-2-3-5-12/h6-8,12,16H,2-5,9-10H2,1H3. The number of aryl methyl sites for hydroxylation is 1. The summed E-state index contributed by atoms with van der Waals surface area (Å²) >= 11 is 6.18. The van der Waals surface area contributed by atoms with E-state index in [4.69, 9.17) is 11.6 Å². The number of hydrogen-bond acceptors (Lipinski definition) is 1. The van der Waals surface area contributed by atoms with Gasteiger partial charge in [-0.3, -0.25) is 0 Å². The molecule has 1 aromatic carbocycles. The fraction of sp³-hybridized carbons (Fsp3) is 0.571. The molecule has 2 rings (SSSR count). The van der Waals surface area contributed by atoms with Crippen LogP contribution in [0.4, 0.5) is 0 Å². The Morgan fingerprint density at radius 3 is 2.75 bits per heavy atom. The summed E-state index contributed by atoms with van der Waals surface area (Å²) in [5.74, 6) is 0.893. The predicted molar refractivity (Wildman–Crippen MR) is 69.9 cm³/mol. The zero-order valence-electron chi connectivity index (χ0n) is 9.93. The summed E-state index contributed by atoms with van der Waals surface area (Å²) in [5, 5.41) is 4.41. The van der Waals surface area contributed by atoms with Crippen molar-refractivity contribution in [3.8, 4) is 0 Å². The SMILES string of the molecule is Cc1ccc(CNCC2CCCC2)c(Cl)c1. The highest BCUT2D eigenvalue weighted by atomic mass is 35.5. The topological polar surface area (TPSA) is 12.0 Å². The summed E-state index contributed by atoms with van der Waals surface area (Å²) in [4.78, 5) is 0. The largest absolute Gasteiger partial charge is 0.312 e. The summed E-state index contributed by atoms with van der Waals surface area (Å²) in [5.41, 5.74) is 2.44. The van der Waals surface area contributed by atoms with Gasteiger partial charge >= 0.3 is 0 Å². The minimum atomic E-state index is 0.888. The molecule has 1 aromatic rings. The Bertz CT molecular complexity index is 343. The third-order valence-corrected chi connectivity index (χ3v) is 3.78. The van der Waals surface area contributed by atoms with Gasteiger partial charge in [-0.1, -0.05) is 36.6 Å². The smallest absolute Gasteiger partial charge is 0.0453 e. The normalized spacial score (nSPS) is 16.9. The van der Waals surface area contributed by atoms with Crippen LogP contribution < -0.4 is 5.32 Å². The molecule has 0 aliphatic heterocycles. The maximum absolute atomic E-state index is 6.18. The molecule has 1 aliphatic rings. The van der Waals surface area contributed by atoms with E-state index in [9.17, 15) is 0 Å². The highest BCUT2D eigenvalue weighted by Gasteiger charge is 2.14. The molecule has 1 nitrogen and oxygen atoms in total. The van der Waals surface area contributed by atoms with Gasteiger partial charge in [-0.25, -0.2) is 0 Å². The number of nitrogens with one attached hydrogen (secondary N) is 1. The second kappa shape index (κ2) is 5.70. The summed E-state index contributed by atoms with van der Waals surface area (Å²) in [6, 6.07) is 6.28. The molecule has 1 saturated carbocycles. The molecule has 0 atom stereocenters. The lowest BCUT2D eigenvalue weighted by molar-refractivity contribution is 0.489. The highest BCUT2D eigenvalue weighted by molar-refractivity contribution is 6.31. The molecule has 1 fully saturated rings. The van der Waals surface area contributed by atoms with Gasteiger partial charge in [0, 0.05) is 11.6 Å². The molecule has 0 heterocycles. The van der Waals surface area contributed by atoms with Gasteiger partial charge in [0.15, 0.2) is 0 Å². The predicted octanol–water partition coefficient (Wildman–Crippen LogP) is 3.93. The van der Waals surface area contributed by atoms with Gasteiger partial charge in [-0.15, -0.1) is 0 Å². The molecule has 0 saturated heterocycles. The third kappa shape index (κ3) is 3.23. The second-order valence-corrected chi connectivity index (χ2v) is 5.28. The molecule has 1 aliphatic carbocycles. The van der Waals surface area contributed by atoms with E-state index >= 15 is 0 Å². The van der Waals surface area contributed by atoms with Crippen LogP contribution in [-0.2, 0) is 6.54 Å². The first kappa shape index (κ1) is 11.9. The Hall–Kier alpha value is -0.530. The molecule has 0 radical (unpaired) electrons. The molecule has 16 heavy (non-hydrogen) atoms. The second-order valence-electron chi connectivity index (χ2n) is 4.88. The first-order valence-corrected chi connectivity index (χ1v) is 6.59. The first-order chi connectivity index (χ1) is 7.75. The zero-order valence-corrected chi connectivity index (χ0v) is 10.7. The van der Waals surface area contributed by atoms with Crippen LogP contribution in [0, 0.1) is 12.8 Å². The van der Waals surface area contributed by atoms with Crippen molar-refractivity contribution in [1.29, 1.82) is 0 Å². The van der Waals surface area contributed by atoms with E-state index in [0.717, 1.165) is 24.0 Å². The van der Waals surface area contributed by atoms with Gasteiger partial charge in [-0.05, 0) is 49.4 Å². The van der Waals surface area contributed by atoms with Crippen LogP contribution in [0.3, 0.4) is 0 Å². The van der Waals surface area contributed by atoms with Crippen molar-refractivity contribution in [3.05, 3.63) is 34.3 Å². The molecular weight excluding hydrogens is 218 g/mol. The zero-order chi connectivity index (χ0) is 11.4. The number of halogens is 1. The molecule has 0 unspecified atom stereocenters. The van der Waals surface area contributed by atoms with Crippen LogP contribution in [0.15, 0.2) is 18.2 Å². The quantitative estimate of drug-likeness (QED) is 0.837. The average Bonchev–Trinajstić information content (AvgIpc) is 2.74. The fourth-order valence-electron chi connectivity index (χ4n) is 2.42. The minimum absolute atomic E-state index is 0.888. The molecule has 0 amide bonds. The van der Waals surface area contributed by atoms with E-state index in [-0.39, 0.29) is 0 Å². The summed E-state index contributed by atoms with van der Waals surface area (Å²) < 4.78 is 0. The van der Waals surface area contributed by atoms with Gasteiger partial charge in [-0.2, -0.15) is 0 Å². The van der Waals surface area contributed by atoms with Gasteiger partial charge < -0.3 is 5.32 Å². The van der Waals surface area contributed by atoms with Crippen LogP contribution in [0.2, 0.25) is 5.02 Å². The van der Waals surface area contributed by atoms with Crippen molar-refractivity contribution in [3.63, 3.8) is 0 Å². The van der Waals surface area contributed by atoms with E-state index in [0.29, 0.717) is 0 Å². The van der Waals surface area contributed by atoms with E-state index < -0.39 is 0 Å². The lowest BCUT2D eigenvalue weighted by Crippen LogP contribution is -2.20. The van der Waals surface area contributed by atoms with Crippen molar-refractivity contribution in [2.75, 3.05) is 6.54 Å². The van der Waals surface area contributed by atoms with E-state index in [1.165, 1.54) is 36.8 Å². The number of hydrogen-bond donors (Lipinski definition) is 1. The van der Waals surface area contributed by atoms with E-state index in [2.05, 4.69) is 24.4 Å². The highest BCUT2D eigenvalue weighted by Crippen LogP contribution is 2.24. The first-order valence-electron chi connectivity index (χ1n) is 6.21. The molecule has 1 N–H and O–H groups in total. The Balaban J connectivity index is 1.80. The van der Waals surface area contributed by atoms with Gasteiger partial charge in [0.1, 0.15) is 0 Å². The van der Waals surface area contributed by atoms with Crippen LogP contribution in [0.1, 0.15) is 36.8 Å². The van der Waals surface area contributed by atoms with E-state index in [1.807, 2.05) is 6.07 Å². The summed E-state index contributed by atoms with van der Waals surface area (Å²) in [7, 11) is 0. The molecule has 0 aromatic heterocycles. The average molecular weight is 238 g/mol. The molecule has 2 heteroatoms. The summed E-state index contributed by atoms with van der Waals surface area (Å²) in [6.45, 7) is 4.11. The van der Waals surface area contributed by atoms with Crippen LogP contribution in [-0.4, -0.2) is 6.54 Å². The van der Waals surface area contributed by atoms with Crippen LogP contribution in [0.5, 0.6) is 0 Å². The Morgan fingerprint density at radius 1 is 1.31 bits per heavy atom. The molecule has 0 bridgehead atoms. The Morgan fingerprint density at radius 2 is 2.06 bits per heavy atom. The Kier molecular flexibility index (Phi) is 4.25. The van der Waals surface area contributed by atoms with Gasteiger partial charge in [0.25, 0.3) is 0 Å². The van der Waals surface area contributed by atoms with Gasteiger partial charge in [0.2, 0.25) is 0 Å².